The minimum absolute atomic E-state index is 0.0974. The first-order valence-corrected chi connectivity index (χ1v) is 10.7. The lowest BCUT2D eigenvalue weighted by Crippen LogP contribution is -2.53. The van der Waals surface area contributed by atoms with Crippen LogP contribution in [0.1, 0.15) is 71.1 Å². The maximum atomic E-state index is 12.4. The molecule has 0 heterocycles. The van der Waals surface area contributed by atoms with Crippen molar-refractivity contribution in [3.05, 3.63) is 12.2 Å². The lowest BCUT2D eigenvalue weighted by atomic mass is 9.64. The van der Waals surface area contributed by atoms with Gasteiger partial charge < -0.3 is 14.6 Å². The minimum atomic E-state index is -1.16. The van der Waals surface area contributed by atoms with Crippen LogP contribution in [-0.4, -0.2) is 34.2 Å². The van der Waals surface area contributed by atoms with E-state index in [2.05, 4.69) is 12.2 Å². The summed E-state index contributed by atoms with van der Waals surface area (Å²) in [6, 6.07) is 0. The molecule has 3 saturated carbocycles. The van der Waals surface area contributed by atoms with Crippen LogP contribution in [0.4, 0.5) is 0 Å². The van der Waals surface area contributed by atoms with Crippen molar-refractivity contribution in [2.24, 2.45) is 23.7 Å². The first-order valence-electron chi connectivity index (χ1n) is 10.7. The molecule has 154 valence electrons. The number of hydrogen-bond donors (Lipinski definition) is 1. The van der Waals surface area contributed by atoms with Crippen molar-refractivity contribution >= 4 is 17.9 Å². The smallest absolute Gasteiger partial charge is 0.317 e. The molecule has 6 nitrogen and oxygen atoms in total. The second-order valence-corrected chi connectivity index (χ2v) is 9.18. The summed E-state index contributed by atoms with van der Waals surface area (Å²) in [5.41, 5.74) is -1.10. The number of ether oxygens (including phenoxy) is 2. The Kier molecular flexibility index (Phi) is 5.00. The molecular formula is C22H30O6. The van der Waals surface area contributed by atoms with Gasteiger partial charge in [-0.3, -0.25) is 14.4 Å². The summed E-state index contributed by atoms with van der Waals surface area (Å²) in [4.78, 5) is 35.4. The van der Waals surface area contributed by atoms with Gasteiger partial charge in [-0.25, -0.2) is 0 Å². The van der Waals surface area contributed by atoms with E-state index in [1.54, 1.807) is 0 Å². The van der Waals surface area contributed by atoms with E-state index in [4.69, 9.17) is 14.6 Å². The third-order valence-corrected chi connectivity index (χ3v) is 7.53. The highest BCUT2D eigenvalue weighted by Gasteiger charge is 2.64. The number of aliphatic carboxylic acids is 1. The average molecular weight is 390 g/mol. The van der Waals surface area contributed by atoms with E-state index >= 15 is 0 Å². The lowest BCUT2D eigenvalue weighted by molar-refractivity contribution is -0.188. The fourth-order valence-corrected chi connectivity index (χ4v) is 6.88. The zero-order chi connectivity index (χ0) is 19.9. The van der Waals surface area contributed by atoms with Crippen molar-refractivity contribution < 1.29 is 29.0 Å². The molecule has 0 amide bonds. The average Bonchev–Trinajstić information content (AvgIpc) is 3.37. The van der Waals surface area contributed by atoms with E-state index < -0.39 is 29.6 Å². The van der Waals surface area contributed by atoms with E-state index in [-0.39, 0.29) is 17.8 Å². The van der Waals surface area contributed by atoms with E-state index in [1.807, 2.05) is 0 Å². The molecule has 0 aromatic rings. The number of carboxylic acid groups (broad SMARTS) is 1. The molecule has 4 aliphatic carbocycles. The zero-order valence-corrected chi connectivity index (χ0v) is 16.5. The van der Waals surface area contributed by atoms with Crippen molar-refractivity contribution in [1.82, 2.24) is 0 Å². The maximum Gasteiger partial charge on any atom is 0.317 e. The van der Waals surface area contributed by atoms with Gasteiger partial charge in [-0.2, -0.15) is 0 Å². The molecule has 28 heavy (non-hydrogen) atoms. The second-order valence-electron chi connectivity index (χ2n) is 9.18. The van der Waals surface area contributed by atoms with Crippen LogP contribution in [-0.2, 0) is 23.9 Å². The van der Waals surface area contributed by atoms with Crippen LogP contribution in [0, 0.1) is 23.7 Å². The number of carbonyl (C=O) groups is 3. The van der Waals surface area contributed by atoms with Crippen molar-refractivity contribution in [2.75, 3.05) is 0 Å². The van der Waals surface area contributed by atoms with Gasteiger partial charge in [0.1, 0.15) is 17.6 Å². The SMILES string of the molecule is CC(=O)OC1(C2C3C=CC(C3)C2C2(OC(=O)CC(=O)O)CCCC2)CCCC1. The first kappa shape index (κ1) is 19.5. The molecule has 4 unspecified atom stereocenters. The molecule has 0 aromatic heterocycles. The Morgan fingerprint density at radius 2 is 1.36 bits per heavy atom. The summed E-state index contributed by atoms with van der Waals surface area (Å²) in [7, 11) is 0. The van der Waals surface area contributed by atoms with Gasteiger partial charge in [0.2, 0.25) is 0 Å². The van der Waals surface area contributed by atoms with E-state index in [1.165, 1.54) is 6.92 Å². The standard InChI is InChI=1S/C22H30O6/c1-14(23)27-21(8-2-3-9-21)19-15-6-7-16(12-15)20(19)22(10-4-5-11-22)28-18(26)13-17(24)25/h6-7,15-16,19-20H,2-5,8-13H2,1H3,(H,24,25). The Morgan fingerprint density at radius 3 is 1.79 bits per heavy atom. The van der Waals surface area contributed by atoms with Gasteiger partial charge in [-0.1, -0.05) is 12.2 Å². The number of esters is 2. The monoisotopic (exact) mass is 390 g/mol. The Bertz CT molecular complexity index is 683. The molecule has 2 bridgehead atoms. The zero-order valence-electron chi connectivity index (χ0n) is 16.5. The third kappa shape index (κ3) is 3.25. The number of rotatable bonds is 6. The number of fused-ring (bicyclic) bond motifs is 2. The van der Waals surface area contributed by atoms with Crippen molar-refractivity contribution in [2.45, 2.75) is 82.3 Å². The Labute approximate surface area is 165 Å². The van der Waals surface area contributed by atoms with Crippen LogP contribution >= 0.6 is 0 Å². The lowest BCUT2D eigenvalue weighted by Gasteiger charge is -2.48. The molecule has 4 rings (SSSR count). The largest absolute Gasteiger partial charge is 0.481 e. The molecule has 0 spiro atoms. The Morgan fingerprint density at radius 1 is 0.893 bits per heavy atom. The van der Waals surface area contributed by atoms with E-state index in [9.17, 15) is 14.4 Å². The Balaban J connectivity index is 1.68. The molecule has 0 aromatic carbocycles. The van der Waals surface area contributed by atoms with Crippen LogP contribution in [0.3, 0.4) is 0 Å². The summed E-state index contributed by atoms with van der Waals surface area (Å²) in [5, 5.41) is 9.01. The topological polar surface area (TPSA) is 89.9 Å². The van der Waals surface area contributed by atoms with Crippen LogP contribution in [0.15, 0.2) is 12.2 Å². The number of carboxylic acids is 1. The van der Waals surface area contributed by atoms with Crippen molar-refractivity contribution in [1.29, 1.82) is 0 Å². The van der Waals surface area contributed by atoms with Crippen molar-refractivity contribution in [3.8, 4) is 0 Å². The third-order valence-electron chi connectivity index (χ3n) is 7.53. The van der Waals surface area contributed by atoms with Gasteiger partial charge >= 0.3 is 17.9 Å². The van der Waals surface area contributed by atoms with Crippen LogP contribution < -0.4 is 0 Å². The number of carbonyl (C=O) groups excluding carboxylic acids is 2. The molecule has 0 saturated heterocycles. The molecule has 6 heteroatoms. The fourth-order valence-electron chi connectivity index (χ4n) is 6.88. The summed E-state index contributed by atoms with van der Waals surface area (Å²) < 4.78 is 12.0. The summed E-state index contributed by atoms with van der Waals surface area (Å²) >= 11 is 0. The maximum absolute atomic E-state index is 12.4. The quantitative estimate of drug-likeness (QED) is 0.423. The summed E-state index contributed by atoms with van der Waals surface area (Å²) in [6.45, 7) is 1.48. The molecule has 4 atom stereocenters. The van der Waals surface area contributed by atoms with Gasteiger partial charge in [-0.05, 0) is 69.6 Å². The van der Waals surface area contributed by atoms with Gasteiger partial charge in [0.25, 0.3) is 0 Å². The van der Waals surface area contributed by atoms with Gasteiger partial charge in [0.05, 0.1) is 0 Å². The molecular weight excluding hydrogens is 360 g/mol. The van der Waals surface area contributed by atoms with Gasteiger partial charge in [0, 0.05) is 18.8 Å². The van der Waals surface area contributed by atoms with E-state index in [0.29, 0.717) is 11.8 Å². The van der Waals surface area contributed by atoms with Crippen LogP contribution in [0.25, 0.3) is 0 Å². The normalized spacial score (nSPS) is 34.5. The number of allylic oxidation sites excluding steroid dienone is 2. The molecule has 1 N–H and O–H groups in total. The predicted molar refractivity (Wildman–Crippen MR) is 100 cm³/mol. The molecule has 0 aliphatic heterocycles. The van der Waals surface area contributed by atoms with Crippen LogP contribution in [0.2, 0.25) is 0 Å². The van der Waals surface area contributed by atoms with E-state index in [0.717, 1.165) is 57.8 Å². The highest BCUT2D eigenvalue weighted by molar-refractivity contribution is 5.90. The summed E-state index contributed by atoms with van der Waals surface area (Å²) in [6.07, 6.45) is 12.2. The molecule has 0 radical (unpaired) electrons. The molecule has 4 aliphatic rings. The number of hydrogen-bond acceptors (Lipinski definition) is 5. The van der Waals surface area contributed by atoms with Gasteiger partial charge in [-0.15, -0.1) is 0 Å². The highest BCUT2D eigenvalue weighted by atomic mass is 16.6. The summed E-state index contributed by atoms with van der Waals surface area (Å²) in [5.74, 6) is -1.16. The fraction of sp³-hybridized carbons (Fsp3) is 0.773. The van der Waals surface area contributed by atoms with Crippen LogP contribution in [0.5, 0.6) is 0 Å². The van der Waals surface area contributed by atoms with Crippen molar-refractivity contribution in [3.63, 3.8) is 0 Å². The predicted octanol–water partition coefficient (Wildman–Crippen LogP) is 3.63. The van der Waals surface area contributed by atoms with Gasteiger partial charge in [0.15, 0.2) is 0 Å². The highest BCUT2D eigenvalue weighted by Crippen LogP contribution is 2.63. The Hall–Kier alpha value is -1.85. The minimum Gasteiger partial charge on any atom is -0.481 e. The molecule has 3 fully saturated rings. The second kappa shape index (κ2) is 7.20. The first-order chi connectivity index (χ1) is 13.4.